The van der Waals surface area contributed by atoms with Crippen molar-refractivity contribution in [3.8, 4) is 11.4 Å². The molecule has 2 aromatic heterocycles. The Kier molecular flexibility index (Phi) is 3.84. The van der Waals surface area contributed by atoms with Gasteiger partial charge >= 0.3 is 22.8 Å². The van der Waals surface area contributed by atoms with E-state index in [0.29, 0.717) is 17.8 Å². The summed E-state index contributed by atoms with van der Waals surface area (Å²) < 4.78 is 2.01. The van der Waals surface area contributed by atoms with Crippen LogP contribution in [0.5, 0.6) is 0 Å². The maximum Gasteiger partial charge on any atom is 0.348 e. The first-order chi connectivity index (χ1) is 13.0. The molecule has 136 valence electrons. The van der Waals surface area contributed by atoms with Crippen molar-refractivity contribution in [2.24, 2.45) is 0 Å². The molecule has 0 atom stereocenters. The van der Waals surface area contributed by atoms with Crippen molar-refractivity contribution in [1.82, 2.24) is 29.5 Å². The summed E-state index contributed by atoms with van der Waals surface area (Å²) in [5, 5.41) is 8.95. The van der Waals surface area contributed by atoms with Gasteiger partial charge in [0.1, 0.15) is 0 Å². The Labute approximate surface area is 149 Å². The van der Waals surface area contributed by atoms with E-state index in [2.05, 4.69) is 20.4 Å². The molecule has 0 unspecified atom stereocenters. The number of nitrogens with zero attached hydrogens (tertiary/aromatic N) is 2. The molecule has 0 saturated heterocycles. The van der Waals surface area contributed by atoms with Crippen LogP contribution in [0.15, 0.2) is 67.7 Å². The highest BCUT2D eigenvalue weighted by Crippen LogP contribution is 2.14. The van der Waals surface area contributed by atoms with Crippen LogP contribution in [0, 0.1) is 0 Å². The minimum Gasteiger partial charge on any atom is -0.247 e. The van der Waals surface area contributed by atoms with Crippen molar-refractivity contribution < 1.29 is 0 Å². The number of aromatic nitrogens is 6. The molecule has 0 saturated carbocycles. The molecule has 4 rings (SSSR count). The predicted molar refractivity (Wildman–Crippen MR) is 96.8 cm³/mol. The number of hydrogen-bond acceptors (Lipinski definition) is 4. The van der Waals surface area contributed by atoms with Crippen molar-refractivity contribution in [2.45, 2.75) is 6.42 Å². The van der Waals surface area contributed by atoms with E-state index in [1.165, 1.54) is 0 Å². The molecule has 0 radical (unpaired) electrons. The molecule has 0 amide bonds. The van der Waals surface area contributed by atoms with Crippen LogP contribution in [0.2, 0.25) is 0 Å². The van der Waals surface area contributed by atoms with E-state index in [0.717, 1.165) is 20.3 Å². The molecule has 0 spiro atoms. The summed E-state index contributed by atoms with van der Waals surface area (Å²) in [5.74, 6) is 0. The average molecular weight is 366 g/mol. The molecule has 4 aromatic rings. The number of hydrogen-bond donors (Lipinski definition) is 4. The van der Waals surface area contributed by atoms with Crippen LogP contribution >= 0.6 is 0 Å². The molecule has 27 heavy (non-hydrogen) atoms. The fourth-order valence-corrected chi connectivity index (χ4v) is 2.90. The molecule has 10 nitrogen and oxygen atoms in total. The first-order valence-electron chi connectivity index (χ1n) is 8.01. The normalized spacial score (nSPS) is 11.0. The summed E-state index contributed by atoms with van der Waals surface area (Å²) in [4.78, 5) is 46.7. The fraction of sp³-hybridized carbons (Fsp3) is 0.0588. The summed E-state index contributed by atoms with van der Waals surface area (Å²) in [6.07, 6.45) is 0.545. The van der Waals surface area contributed by atoms with Crippen LogP contribution in [-0.2, 0) is 6.42 Å². The average Bonchev–Trinajstić information content (AvgIpc) is 3.17. The predicted octanol–water partition coefficient (Wildman–Crippen LogP) is -0.388. The largest absolute Gasteiger partial charge is 0.348 e. The van der Waals surface area contributed by atoms with E-state index in [-0.39, 0.29) is 0 Å². The van der Waals surface area contributed by atoms with Crippen LogP contribution < -0.4 is 22.8 Å². The summed E-state index contributed by atoms with van der Waals surface area (Å²) in [7, 11) is 0. The second-order valence-corrected chi connectivity index (χ2v) is 5.90. The number of benzene rings is 2. The van der Waals surface area contributed by atoms with Crippen molar-refractivity contribution in [1.29, 1.82) is 0 Å². The Morgan fingerprint density at radius 1 is 0.593 bits per heavy atom. The van der Waals surface area contributed by atoms with E-state index in [9.17, 15) is 19.2 Å². The molecule has 2 heterocycles. The van der Waals surface area contributed by atoms with Gasteiger partial charge in [0.25, 0.3) is 0 Å². The van der Waals surface area contributed by atoms with Crippen LogP contribution in [-0.4, -0.2) is 29.5 Å². The SMILES string of the molecule is O=c1[nH][nH]c(=O)n1-c1ccc(Cc2cccc(-n3c(=O)[nH][nH]c3=O)c2)cc1. The maximum absolute atomic E-state index is 11.7. The zero-order valence-corrected chi connectivity index (χ0v) is 13.9. The van der Waals surface area contributed by atoms with Gasteiger partial charge < -0.3 is 0 Å². The highest BCUT2D eigenvalue weighted by Gasteiger charge is 2.08. The van der Waals surface area contributed by atoms with Gasteiger partial charge in [-0.25, -0.2) is 48.7 Å². The van der Waals surface area contributed by atoms with Crippen molar-refractivity contribution in [3.63, 3.8) is 0 Å². The highest BCUT2D eigenvalue weighted by molar-refractivity contribution is 5.40. The standard InChI is InChI=1S/C17H14N6O4/c24-14-18-19-15(25)22(14)12-6-4-10(5-7-12)8-11-2-1-3-13(9-11)23-16(26)20-21-17(23)27/h1-7,9H,8H2,(H,18,24)(H,19,25)(H,20,26)(H,21,27). The van der Waals surface area contributed by atoms with Gasteiger partial charge in [-0.15, -0.1) is 0 Å². The topological polar surface area (TPSA) is 141 Å². The Morgan fingerprint density at radius 2 is 1.11 bits per heavy atom. The van der Waals surface area contributed by atoms with E-state index >= 15 is 0 Å². The smallest absolute Gasteiger partial charge is 0.247 e. The summed E-state index contributed by atoms with van der Waals surface area (Å²) in [6, 6.07) is 14.0. The summed E-state index contributed by atoms with van der Waals surface area (Å²) >= 11 is 0. The maximum atomic E-state index is 11.7. The quantitative estimate of drug-likeness (QED) is 0.390. The van der Waals surface area contributed by atoms with Gasteiger partial charge in [0.15, 0.2) is 0 Å². The zero-order valence-electron chi connectivity index (χ0n) is 13.9. The van der Waals surface area contributed by atoms with Gasteiger partial charge in [0, 0.05) is 0 Å². The van der Waals surface area contributed by atoms with Crippen molar-refractivity contribution >= 4 is 0 Å². The van der Waals surface area contributed by atoms with E-state index < -0.39 is 22.8 Å². The lowest BCUT2D eigenvalue weighted by atomic mass is 10.0. The summed E-state index contributed by atoms with van der Waals surface area (Å²) in [5.41, 5.74) is 0.584. The minimum absolute atomic E-state index is 0.449. The fourth-order valence-electron chi connectivity index (χ4n) is 2.90. The molecule has 10 heteroatoms. The Morgan fingerprint density at radius 3 is 1.67 bits per heavy atom. The number of nitrogens with one attached hydrogen (secondary N) is 4. The number of rotatable bonds is 4. The van der Waals surface area contributed by atoms with Gasteiger partial charge in [0.2, 0.25) is 0 Å². The first kappa shape index (κ1) is 16.4. The van der Waals surface area contributed by atoms with Crippen LogP contribution in [0.1, 0.15) is 11.1 Å². The third-order valence-corrected chi connectivity index (χ3v) is 4.14. The van der Waals surface area contributed by atoms with Crippen LogP contribution in [0.4, 0.5) is 0 Å². The van der Waals surface area contributed by atoms with Gasteiger partial charge in [-0.2, -0.15) is 0 Å². The lowest BCUT2D eigenvalue weighted by Crippen LogP contribution is -2.24. The highest BCUT2D eigenvalue weighted by atomic mass is 16.2. The number of H-pyrrole nitrogens is 4. The van der Waals surface area contributed by atoms with Gasteiger partial charge in [-0.3, -0.25) is 0 Å². The molecule has 0 aliphatic rings. The molecule has 4 N–H and O–H groups in total. The Balaban J connectivity index is 1.63. The molecule has 2 aromatic carbocycles. The second kappa shape index (κ2) is 6.33. The van der Waals surface area contributed by atoms with Gasteiger partial charge in [0.05, 0.1) is 11.4 Å². The molecule has 0 fully saturated rings. The molecular formula is C17H14N6O4. The summed E-state index contributed by atoms with van der Waals surface area (Å²) in [6.45, 7) is 0. The molecule has 0 aliphatic carbocycles. The third-order valence-electron chi connectivity index (χ3n) is 4.14. The minimum atomic E-state index is -0.539. The lowest BCUT2D eigenvalue weighted by Gasteiger charge is -2.06. The zero-order chi connectivity index (χ0) is 19.0. The lowest BCUT2D eigenvalue weighted by molar-refractivity contribution is 0.945. The molecular weight excluding hydrogens is 352 g/mol. The molecule has 0 aliphatic heterocycles. The Hall–Kier alpha value is -4.08. The first-order valence-corrected chi connectivity index (χ1v) is 8.01. The van der Waals surface area contributed by atoms with E-state index in [1.54, 1.807) is 42.5 Å². The second-order valence-electron chi connectivity index (χ2n) is 5.90. The third kappa shape index (κ3) is 2.99. The monoisotopic (exact) mass is 366 g/mol. The van der Waals surface area contributed by atoms with E-state index in [4.69, 9.17) is 0 Å². The van der Waals surface area contributed by atoms with Crippen LogP contribution in [0.3, 0.4) is 0 Å². The van der Waals surface area contributed by atoms with Crippen LogP contribution in [0.25, 0.3) is 11.4 Å². The molecule has 0 bridgehead atoms. The van der Waals surface area contributed by atoms with Gasteiger partial charge in [-0.1, -0.05) is 24.3 Å². The van der Waals surface area contributed by atoms with Crippen molar-refractivity contribution in [2.75, 3.05) is 0 Å². The van der Waals surface area contributed by atoms with E-state index in [1.807, 2.05) is 6.07 Å². The Bertz CT molecular complexity index is 1270. The number of aromatic amines is 4. The van der Waals surface area contributed by atoms with Crippen molar-refractivity contribution in [3.05, 3.63) is 102 Å². The van der Waals surface area contributed by atoms with Gasteiger partial charge in [-0.05, 0) is 41.8 Å².